The molecule has 0 aliphatic carbocycles. The van der Waals surface area contributed by atoms with Crippen LogP contribution in [0.4, 0.5) is 4.79 Å². The Morgan fingerprint density at radius 2 is 2.33 bits per heavy atom. The highest BCUT2D eigenvalue weighted by atomic mass is 16.4. The van der Waals surface area contributed by atoms with Crippen LogP contribution in [0.25, 0.3) is 0 Å². The Kier molecular flexibility index (Phi) is 1.86. The van der Waals surface area contributed by atoms with Gasteiger partial charge in [0.15, 0.2) is 0 Å². The predicted octanol–water partition coefficient (Wildman–Crippen LogP) is -1.27. The molecule has 0 aromatic rings. The highest BCUT2D eigenvalue weighted by Crippen LogP contribution is 1.86. The van der Waals surface area contributed by atoms with Gasteiger partial charge in [-0.05, 0) is 0 Å². The van der Waals surface area contributed by atoms with Crippen LogP contribution in [0.5, 0.6) is 0 Å². The van der Waals surface area contributed by atoms with Gasteiger partial charge in [-0.3, -0.25) is 5.43 Å². The van der Waals surface area contributed by atoms with Gasteiger partial charge < -0.3 is 10.4 Å². The predicted molar refractivity (Wildman–Crippen MR) is 31.0 cm³/mol. The van der Waals surface area contributed by atoms with Crippen molar-refractivity contribution in [3.63, 3.8) is 0 Å². The van der Waals surface area contributed by atoms with E-state index in [-0.39, 0.29) is 6.04 Å². The average molecular weight is 131 g/mol. The van der Waals surface area contributed by atoms with Crippen molar-refractivity contribution in [1.82, 2.24) is 16.2 Å². The van der Waals surface area contributed by atoms with E-state index in [2.05, 4.69) is 16.2 Å². The molecule has 1 saturated heterocycles. The monoisotopic (exact) mass is 131 g/mol. The molecular weight excluding hydrogens is 122 g/mol. The quantitative estimate of drug-likeness (QED) is 0.352. The van der Waals surface area contributed by atoms with Crippen molar-refractivity contribution in [2.24, 2.45) is 0 Å². The van der Waals surface area contributed by atoms with Crippen LogP contribution in [0.15, 0.2) is 0 Å². The first kappa shape index (κ1) is 6.31. The minimum atomic E-state index is -1.04. The highest BCUT2D eigenvalue weighted by Gasteiger charge is 2.15. The van der Waals surface area contributed by atoms with Gasteiger partial charge in [0.2, 0.25) is 0 Å². The molecule has 0 unspecified atom stereocenters. The molecule has 1 rings (SSSR count). The molecule has 0 aromatic heterocycles. The van der Waals surface area contributed by atoms with Crippen LogP contribution in [0.1, 0.15) is 0 Å². The molecule has 9 heavy (non-hydrogen) atoms. The molecule has 52 valence electrons. The van der Waals surface area contributed by atoms with Gasteiger partial charge >= 0.3 is 6.09 Å². The van der Waals surface area contributed by atoms with Crippen molar-refractivity contribution in [3.05, 3.63) is 0 Å². The highest BCUT2D eigenvalue weighted by molar-refractivity contribution is 5.63. The maximum absolute atomic E-state index is 9.85. The molecule has 1 amide bonds. The first-order valence-electron chi connectivity index (χ1n) is 2.74. The standard InChI is InChI=1S/C4H9N3O2/c8-4(9)7-6-3-1-5-2-3/h3,5-7H,1-2H2,(H,8,9). The zero-order chi connectivity index (χ0) is 6.69. The van der Waals surface area contributed by atoms with E-state index in [1.54, 1.807) is 0 Å². The molecule has 1 aliphatic heterocycles. The van der Waals surface area contributed by atoms with Crippen molar-refractivity contribution >= 4 is 6.09 Å². The Morgan fingerprint density at radius 3 is 2.67 bits per heavy atom. The van der Waals surface area contributed by atoms with E-state index in [4.69, 9.17) is 5.11 Å². The number of hydrogen-bond donors (Lipinski definition) is 4. The molecular formula is C4H9N3O2. The van der Waals surface area contributed by atoms with E-state index in [0.717, 1.165) is 13.1 Å². The Hall–Kier alpha value is -0.810. The minimum Gasteiger partial charge on any atom is -0.464 e. The van der Waals surface area contributed by atoms with Crippen LogP contribution in [-0.4, -0.2) is 30.3 Å². The molecule has 0 bridgehead atoms. The summed E-state index contributed by atoms with van der Waals surface area (Å²) in [6, 6.07) is 0.265. The normalized spacial score (nSPS) is 18.7. The molecule has 5 nitrogen and oxygen atoms in total. The van der Waals surface area contributed by atoms with Gasteiger partial charge in [-0.1, -0.05) is 0 Å². The van der Waals surface area contributed by atoms with Gasteiger partial charge in [-0.25, -0.2) is 10.2 Å². The molecule has 1 aliphatic rings. The number of hydrogen-bond acceptors (Lipinski definition) is 3. The second-order valence-electron chi connectivity index (χ2n) is 1.93. The molecule has 0 saturated carbocycles. The van der Waals surface area contributed by atoms with Gasteiger partial charge in [0, 0.05) is 13.1 Å². The van der Waals surface area contributed by atoms with Gasteiger partial charge in [0.05, 0.1) is 6.04 Å². The first-order chi connectivity index (χ1) is 4.29. The minimum absolute atomic E-state index is 0.265. The molecule has 0 spiro atoms. The molecule has 1 fully saturated rings. The van der Waals surface area contributed by atoms with Crippen LogP contribution >= 0.6 is 0 Å². The lowest BCUT2D eigenvalue weighted by molar-refractivity contribution is 0.182. The average Bonchev–Trinajstić information content (AvgIpc) is 1.60. The summed E-state index contributed by atoms with van der Waals surface area (Å²) in [4.78, 5) is 9.85. The molecule has 5 heteroatoms. The summed E-state index contributed by atoms with van der Waals surface area (Å²) in [7, 11) is 0. The molecule has 0 aromatic carbocycles. The number of nitrogens with one attached hydrogen (secondary N) is 3. The van der Waals surface area contributed by atoms with E-state index in [0.29, 0.717) is 0 Å². The zero-order valence-corrected chi connectivity index (χ0v) is 4.85. The van der Waals surface area contributed by atoms with Crippen LogP contribution in [-0.2, 0) is 0 Å². The number of hydrazine groups is 1. The second-order valence-corrected chi connectivity index (χ2v) is 1.93. The van der Waals surface area contributed by atoms with Crippen molar-refractivity contribution in [2.45, 2.75) is 6.04 Å². The summed E-state index contributed by atoms with van der Waals surface area (Å²) in [5.41, 5.74) is 4.68. The Balaban J connectivity index is 1.97. The van der Waals surface area contributed by atoms with Crippen LogP contribution in [0, 0.1) is 0 Å². The SMILES string of the molecule is O=C(O)NNC1CNC1. The second kappa shape index (κ2) is 2.65. The maximum atomic E-state index is 9.85. The van der Waals surface area contributed by atoms with E-state index in [1.165, 1.54) is 0 Å². The van der Waals surface area contributed by atoms with E-state index in [9.17, 15) is 4.79 Å². The third-order valence-electron chi connectivity index (χ3n) is 1.16. The number of amides is 1. The lowest BCUT2D eigenvalue weighted by Crippen LogP contribution is -2.60. The molecule has 1 heterocycles. The Morgan fingerprint density at radius 1 is 1.67 bits per heavy atom. The summed E-state index contributed by atoms with van der Waals surface area (Å²) in [6.45, 7) is 1.67. The summed E-state index contributed by atoms with van der Waals surface area (Å²) < 4.78 is 0. The zero-order valence-electron chi connectivity index (χ0n) is 4.85. The molecule has 0 radical (unpaired) electrons. The van der Waals surface area contributed by atoms with E-state index < -0.39 is 6.09 Å². The Bertz CT molecular complexity index is 112. The topological polar surface area (TPSA) is 73.4 Å². The number of carboxylic acid groups (broad SMARTS) is 1. The molecule has 4 N–H and O–H groups in total. The largest absolute Gasteiger partial charge is 0.464 e. The molecule has 0 atom stereocenters. The third-order valence-corrected chi connectivity index (χ3v) is 1.16. The fraction of sp³-hybridized carbons (Fsp3) is 0.750. The summed E-state index contributed by atoms with van der Waals surface area (Å²) in [6.07, 6.45) is -1.04. The summed E-state index contributed by atoms with van der Waals surface area (Å²) in [5, 5.41) is 11.1. The van der Waals surface area contributed by atoms with E-state index >= 15 is 0 Å². The van der Waals surface area contributed by atoms with Crippen molar-refractivity contribution in [2.75, 3.05) is 13.1 Å². The van der Waals surface area contributed by atoms with Gasteiger partial charge in [-0.15, -0.1) is 0 Å². The van der Waals surface area contributed by atoms with Gasteiger partial charge in [-0.2, -0.15) is 0 Å². The van der Waals surface area contributed by atoms with Crippen molar-refractivity contribution in [1.29, 1.82) is 0 Å². The van der Waals surface area contributed by atoms with Crippen molar-refractivity contribution < 1.29 is 9.90 Å². The first-order valence-corrected chi connectivity index (χ1v) is 2.74. The summed E-state index contributed by atoms with van der Waals surface area (Å²) in [5.74, 6) is 0. The maximum Gasteiger partial charge on any atom is 0.419 e. The lowest BCUT2D eigenvalue weighted by atomic mass is 10.2. The lowest BCUT2D eigenvalue weighted by Gasteiger charge is -2.27. The van der Waals surface area contributed by atoms with Crippen LogP contribution in [0.3, 0.4) is 0 Å². The fourth-order valence-electron chi connectivity index (χ4n) is 0.555. The summed E-state index contributed by atoms with van der Waals surface area (Å²) >= 11 is 0. The van der Waals surface area contributed by atoms with Gasteiger partial charge in [0.25, 0.3) is 0 Å². The van der Waals surface area contributed by atoms with Crippen LogP contribution < -0.4 is 16.2 Å². The smallest absolute Gasteiger partial charge is 0.419 e. The number of rotatable bonds is 2. The fourth-order valence-corrected chi connectivity index (χ4v) is 0.555. The number of carbonyl (C=O) groups is 1. The Labute approximate surface area is 52.4 Å². The van der Waals surface area contributed by atoms with Gasteiger partial charge in [0.1, 0.15) is 0 Å². The van der Waals surface area contributed by atoms with Crippen LogP contribution in [0.2, 0.25) is 0 Å². The van der Waals surface area contributed by atoms with Crippen molar-refractivity contribution in [3.8, 4) is 0 Å². The van der Waals surface area contributed by atoms with E-state index in [1.807, 2.05) is 0 Å². The third kappa shape index (κ3) is 1.87.